The van der Waals surface area contributed by atoms with Crippen molar-refractivity contribution in [1.82, 2.24) is 25.3 Å². The van der Waals surface area contributed by atoms with Crippen molar-refractivity contribution in [2.24, 2.45) is 12.0 Å². The number of aryl methyl sites for hydroxylation is 2. The van der Waals surface area contributed by atoms with E-state index >= 15 is 0 Å². The molecule has 1 aromatic rings. The van der Waals surface area contributed by atoms with Crippen LogP contribution in [0.15, 0.2) is 17.4 Å². The smallest absolute Gasteiger partial charge is 0.191 e. The van der Waals surface area contributed by atoms with Crippen molar-refractivity contribution in [2.75, 3.05) is 32.7 Å². The van der Waals surface area contributed by atoms with Crippen LogP contribution in [0, 0.1) is 0 Å². The fourth-order valence-corrected chi connectivity index (χ4v) is 3.55. The second-order valence-electron chi connectivity index (χ2n) is 6.91. The number of nitrogens with zero attached hydrogens (tertiary/aromatic N) is 4. The Morgan fingerprint density at radius 2 is 2.20 bits per heavy atom. The minimum absolute atomic E-state index is 0.773. The number of aromatic nitrogens is 2. The molecule has 1 aliphatic heterocycles. The molecule has 142 valence electrons. The summed E-state index contributed by atoms with van der Waals surface area (Å²) in [6, 6.07) is 0.773. The number of aliphatic imine (C=N–C) groups is 1. The molecule has 25 heavy (non-hydrogen) atoms. The van der Waals surface area contributed by atoms with E-state index < -0.39 is 0 Å². The minimum atomic E-state index is 0.773. The fourth-order valence-electron chi connectivity index (χ4n) is 3.55. The zero-order chi connectivity index (χ0) is 17.9. The lowest BCUT2D eigenvalue weighted by atomic mass is 10.0. The molecule has 1 aromatic heterocycles. The Labute approximate surface area is 153 Å². The molecule has 1 fully saturated rings. The van der Waals surface area contributed by atoms with E-state index in [1.54, 1.807) is 0 Å². The number of piperidine rings is 1. The number of likely N-dealkylation sites (tertiary alicyclic amines) is 1. The third-order valence-corrected chi connectivity index (χ3v) is 4.91. The molecule has 0 amide bonds. The lowest BCUT2D eigenvalue weighted by molar-refractivity contribution is 0.147. The molecule has 1 atom stereocenters. The van der Waals surface area contributed by atoms with Gasteiger partial charge in [0.15, 0.2) is 5.96 Å². The summed E-state index contributed by atoms with van der Waals surface area (Å²) in [5.41, 5.74) is 1.28. The molecule has 1 aliphatic rings. The number of guanidine groups is 1. The molecule has 0 spiro atoms. The van der Waals surface area contributed by atoms with Crippen LogP contribution < -0.4 is 10.6 Å². The average Bonchev–Trinajstić information content (AvgIpc) is 3.04. The van der Waals surface area contributed by atoms with Gasteiger partial charge in [0, 0.05) is 45.5 Å². The Morgan fingerprint density at radius 1 is 1.32 bits per heavy atom. The van der Waals surface area contributed by atoms with Crippen molar-refractivity contribution in [3.8, 4) is 0 Å². The van der Waals surface area contributed by atoms with Gasteiger partial charge >= 0.3 is 0 Å². The predicted molar refractivity (Wildman–Crippen MR) is 105 cm³/mol. The molecule has 0 bridgehead atoms. The van der Waals surface area contributed by atoms with Crippen molar-refractivity contribution in [3.63, 3.8) is 0 Å². The molecular formula is C19H36N6. The van der Waals surface area contributed by atoms with Crippen LogP contribution in [-0.4, -0.2) is 59.4 Å². The van der Waals surface area contributed by atoms with Crippen LogP contribution in [0.3, 0.4) is 0 Å². The average molecular weight is 349 g/mol. The number of nitrogens with one attached hydrogen (secondary N) is 2. The third kappa shape index (κ3) is 7.06. The van der Waals surface area contributed by atoms with Crippen LogP contribution in [0.5, 0.6) is 0 Å². The molecule has 2 heterocycles. The Kier molecular flexibility index (Phi) is 8.80. The Morgan fingerprint density at radius 3 is 2.92 bits per heavy atom. The van der Waals surface area contributed by atoms with Gasteiger partial charge in [-0.25, -0.2) is 0 Å². The zero-order valence-corrected chi connectivity index (χ0v) is 16.3. The molecular weight excluding hydrogens is 312 g/mol. The summed E-state index contributed by atoms with van der Waals surface area (Å²) in [6.45, 7) is 9.48. The van der Waals surface area contributed by atoms with Gasteiger partial charge in [0.2, 0.25) is 0 Å². The van der Waals surface area contributed by atoms with E-state index in [0.29, 0.717) is 0 Å². The van der Waals surface area contributed by atoms with Crippen LogP contribution in [0.1, 0.15) is 51.5 Å². The van der Waals surface area contributed by atoms with Crippen molar-refractivity contribution in [1.29, 1.82) is 0 Å². The van der Waals surface area contributed by atoms with Gasteiger partial charge in [-0.05, 0) is 51.1 Å². The molecule has 2 rings (SSSR count). The quantitative estimate of drug-likeness (QED) is 0.408. The van der Waals surface area contributed by atoms with Crippen LogP contribution >= 0.6 is 0 Å². The highest BCUT2D eigenvalue weighted by Crippen LogP contribution is 2.18. The highest BCUT2D eigenvalue weighted by Gasteiger charge is 2.19. The van der Waals surface area contributed by atoms with Gasteiger partial charge in [-0.15, -0.1) is 0 Å². The lowest BCUT2D eigenvalue weighted by Crippen LogP contribution is -2.46. The van der Waals surface area contributed by atoms with Crippen molar-refractivity contribution >= 4 is 5.96 Å². The first-order valence-corrected chi connectivity index (χ1v) is 9.96. The molecule has 6 heteroatoms. The number of hydrogen-bond donors (Lipinski definition) is 2. The monoisotopic (exact) mass is 348 g/mol. The predicted octanol–water partition coefficient (Wildman–Crippen LogP) is 2.17. The van der Waals surface area contributed by atoms with Gasteiger partial charge in [0.1, 0.15) is 0 Å². The summed E-state index contributed by atoms with van der Waals surface area (Å²) in [6.07, 6.45) is 11.5. The van der Waals surface area contributed by atoms with Crippen molar-refractivity contribution < 1.29 is 0 Å². The van der Waals surface area contributed by atoms with Gasteiger partial charge in [0.05, 0.1) is 6.20 Å². The largest absolute Gasteiger partial charge is 0.357 e. The van der Waals surface area contributed by atoms with E-state index in [0.717, 1.165) is 51.0 Å². The van der Waals surface area contributed by atoms with E-state index in [4.69, 9.17) is 4.99 Å². The summed E-state index contributed by atoms with van der Waals surface area (Å²) in [5.74, 6) is 0.943. The van der Waals surface area contributed by atoms with Gasteiger partial charge in [-0.1, -0.05) is 13.3 Å². The maximum atomic E-state index is 4.71. The maximum absolute atomic E-state index is 4.71. The highest BCUT2D eigenvalue weighted by molar-refractivity contribution is 5.79. The Balaban J connectivity index is 1.69. The Hall–Kier alpha value is -1.56. The fraction of sp³-hybridized carbons (Fsp3) is 0.789. The molecule has 0 aliphatic carbocycles. The summed E-state index contributed by atoms with van der Waals surface area (Å²) in [5, 5.41) is 11.1. The van der Waals surface area contributed by atoms with E-state index in [9.17, 15) is 0 Å². The normalized spacial score (nSPS) is 19.2. The van der Waals surface area contributed by atoms with E-state index in [2.05, 4.69) is 40.7 Å². The van der Waals surface area contributed by atoms with Crippen LogP contribution in [0.2, 0.25) is 0 Å². The second-order valence-corrected chi connectivity index (χ2v) is 6.91. The number of rotatable bonds is 9. The van der Waals surface area contributed by atoms with Crippen molar-refractivity contribution in [3.05, 3.63) is 18.0 Å². The molecule has 2 N–H and O–H groups in total. The highest BCUT2D eigenvalue weighted by atomic mass is 15.2. The van der Waals surface area contributed by atoms with Gasteiger partial charge in [-0.2, -0.15) is 5.10 Å². The number of hydrogen-bond acceptors (Lipinski definition) is 3. The zero-order valence-electron chi connectivity index (χ0n) is 16.3. The molecule has 0 aromatic carbocycles. The van der Waals surface area contributed by atoms with E-state index in [1.807, 2.05) is 17.9 Å². The van der Waals surface area contributed by atoms with Crippen LogP contribution in [0.4, 0.5) is 0 Å². The SMILES string of the molecule is CCNC(=NCCCc1cnn(C)c1)NCCN1CCCCC1CC. The van der Waals surface area contributed by atoms with Crippen molar-refractivity contribution in [2.45, 2.75) is 58.4 Å². The summed E-state index contributed by atoms with van der Waals surface area (Å²) < 4.78 is 1.86. The van der Waals surface area contributed by atoms with Crippen LogP contribution in [0.25, 0.3) is 0 Å². The maximum Gasteiger partial charge on any atom is 0.191 e. The summed E-state index contributed by atoms with van der Waals surface area (Å²) in [4.78, 5) is 7.35. The topological polar surface area (TPSA) is 57.5 Å². The first-order valence-electron chi connectivity index (χ1n) is 9.96. The minimum Gasteiger partial charge on any atom is -0.357 e. The molecule has 1 saturated heterocycles. The van der Waals surface area contributed by atoms with Gasteiger partial charge in [-0.3, -0.25) is 14.6 Å². The summed E-state index contributed by atoms with van der Waals surface area (Å²) >= 11 is 0. The summed E-state index contributed by atoms with van der Waals surface area (Å²) in [7, 11) is 1.96. The molecule has 1 unspecified atom stereocenters. The standard InChI is InChI=1S/C19H36N6/c1-4-18-10-6-7-13-25(18)14-12-22-19(20-5-2)21-11-8-9-17-15-23-24(3)16-17/h15-16,18H,4-14H2,1-3H3,(H2,20,21,22). The Bertz CT molecular complexity index is 510. The molecule has 0 saturated carbocycles. The second kappa shape index (κ2) is 11.1. The lowest BCUT2D eigenvalue weighted by Gasteiger charge is -2.35. The van der Waals surface area contributed by atoms with E-state index in [1.165, 1.54) is 37.8 Å². The molecule has 0 radical (unpaired) electrons. The molecule has 6 nitrogen and oxygen atoms in total. The third-order valence-electron chi connectivity index (χ3n) is 4.91. The van der Waals surface area contributed by atoms with E-state index in [-0.39, 0.29) is 0 Å². The van der Waals surface area contributed by atoms with Crippen LogP contribution in [-0.2, 0) is 13.5 Å². The van der Waals surface area contributed by atoms with Gasteiger partial charge in [0.25, 0.3) is 0 Å². The first kappa shape index (κ1) is 19.8. The first-order chi connectivity index (χ1) is 12.2. The van der Waals surface area contributed by atoms with Gasteiger partial charge < -0.3 is 10.6 Å².